The summed E-state index contributed by atoms with van der Waals surface area (Å²) in [5, 5.41) is 3.28. The number of nitrogens with one attached hydrogen (secondary N) is 1. The zero-order valence-electron chi connectivity index (χ0n) is 9.76. The summed E-state index contributed by atoms with van der Waals surface area (Å²) in [7, 11) is 0. The number of hydrogen-bond donors (Lipinski definition) is 1. The minimum atomic E-state index is -0.271. The second-order valence-corrected chi connectivity index (χ2v) is 4.92. The van der Waals surface area contributed by atoms with Crippen molar-refractivity contribution in [3.8, 4) is 5.75 Å². The van der Waals surface area contributed by atoms with Crippen LogP contribution in [0.1, 0.15) is 20.8 Å². The fourth-order valence-electron chi connectivity index (χ4n) is 1.23. The Morgan fingerprint density at radius 2 is 2.06 bits per heavy atom. The largest absolute Gasteiger partial charge is 0.488 e. The van der Waals surface area contributed by atoms with Crippen LogP contribution in [0, 0.1) is 5.82 Å². The van der Waals surface area contributed by atoms with Crippen LogP contribution in [0.3, 0.4) is 0 Å². The van der Waals surface area contributed by atoms with E-state index in [2.05, 4.69) is 35.1 Å². The third-order valence-corrected chi connectivity index (χ3v) is 2.66. The predicted octanol–water partition coefficient (Wildman–Crippen LogP) is 3.35. The van der Waals surface area contributed by atoms with Crippen LogP contribution in [-0.2, 0) is 0 Å². The second kappa shape index (κ2) is 6.21. The topological polar surface area (TPSA) is 21.3 Å². The molecular weight excluding hydrogens is 273 g/mol. The molecular formula is C12H17BrFNO. The van der Waals surface area contributed by atoms with Crippen molar-refractivity contribution in [2.45, 2.75) is 32.9 Å². The molecule has 1 aromatic rings. The van der Waals surface area contributed by atoms with Gasteiger partial charge in [0.15, 0.2) is 0 Å². The van der Waals surface area contributed by atoms with E-state index >= 15 is 0 Å². The van der Waals surface area contributed by atoms with Gasteiger partial charge in [-0.3, -0.25) is 0 Å². The fraction of sp³-hybridized carbons (Fsp3) is 0.500. The first-order valence-electron chi connectivity index (χ1n) is 5.34. The van der Waals surface area contributed by atoms with Crippen LogP contribution >= 0.6 is 15.9 Å². The van der Waals surface area contributed by atoms with Crippen molar-refractivity contribution in [3.63, 3.8) is 0 Å². The maximum absolute atomic E-state index is 12.8. The van der Waals surface area contributed by atoms with Gasteiger partial charge in [-0.2, -0.15) is 0 Å². The van der Waals surface area contributed by atoms with E-state index in [1.54, 1.807) is 6.07 Å². The van der Waals surface area contributed by atoms with Gasteiger partial charge in [0, 0.05) is 12.6 Å². The Morgan fingerprint density at radius 3 is 2.62 bits per heavy atom. The quantitative estimate of drug-likeness (QED) is 0.898. The first-order valence-corrected chi connectivity index (χ1v) is 6.13. The predicted molar refractivity (Wildman–Crippen MR) is 67.3 cm³/mol. The molecule has 0 saturated carbocycles. The van der Waals surface area contributed by atoms with Gasteiger partial charge >= 0.3 is 0 Å². The van der Waals surface area contributed by atoms with E-state index in [4.69, 9.17) is 4.74 Å². The zero-order valence-corrected chi connectivity index (χ0v) is 11.3. The molecule has 0 aromatic heterocycles. The van der Waals surface area contributed by atoms with Gasteiger partial charge in [-0.25, -0.2) is 4.39 Å². The molecule has 0 aliphatic heterocycles. The van der Waals surface area contributed by atoms with Gasteiger partial charge in [-0.05, 0) is 41.1 Å². The SMILES string of the molecule is CC(C)NCC(C)Oc1ccc(F)cc1Br. The van der Waals surface area contributed by atoms with Crippen LogP contribution in [0.4, 0.5) is 4.39 Å². The molecule has 4 heteroatoms. The minimum Gasteiger partial charge on any atom is -0.488 e. The maximum Gasteiger partial charge on any atom is 0.134 e. The molecule has 0 saturated heterocycles. The lowest BCUT2D eigenvalue weighted by molar-refractivity contribution is 0.212. The molecule has 2 nitrogen and oxygen atoms in total. The highest BCUT2D eigenvalue weighted by Crippen LogP contribution is 2.26. The van der Waals surface area contributed by atoms with Crippen LogP contribution in [0.2, 0.25) is 0 Å². The molecule has 0 aliphatic rings. The normalized spacial score (nSPS) is 12.9. The van der Waals surface area contributed by atoms with Gasteiger partial charge in [0.05, 0.1) is 4.47 Å². The fourth-order valence-corrected chi connectivity index (χ4v) is 1.68. The summed E-state index contributed by atoms with van der Waals surface area (Å²) in [6, 6.07) is 4.86. The third kappa shape index (κ3) is 4.49. The smallest absolute Gasteiger partial charge is 0.134 e. The molecule has 0 aliphatic carbocycles. The summed E-state index contributed by atoms with van der Waals surface area (Å²) in [5.74, 6) is 0.395. The van der Waals surface area contributed by atoms with Gasteiger partial charge < -0.3 is 10.1 Å². The van der Waals surface area contributed by atoms with Crippen molar-refractivity contribution in [3.05, 3.63) is 28.5 Å². The van der Waals surface area contributed by atoms with E-state index in [0.29, 0.717) is 16.3 Å². The van der Waals surface area contributed by atoms with Gasteiger partial charge in [0.25, 0.3) is 0 Å². The van der Waals surface area contributed by atoms with E-state index in [9.17, 15) is 4.39 Å². The van der Waals surface area contributed by atoms with Crippen molar-refractivity contribution in [1.82, 2.24) is 5.32 Å². The summed E-state index contributed by atoms with van der Waals surface area (Å²) < 4.78 is 19.2. The van der Waals surface area contributed by atoms with Crippen molar-refractivity contribution >= 4 is 15.9 Å². The Bertz CT molecular complexity index is 344. The first-order chi connectivity index (χ1) is 7.49. The molecule has 1 rings (SSSR count). The van der Waals surface area contributed by atoms with Gasteiger partial charge in [-0.1, -0.05) is 13.8 Å². The molecule has 0 amide bonds. The van der Waals surface area contributed by atoms with Crippen LogP contribution in [0.25, 0.3) is 0 Å². The second-order valence-electron chi connectivity index (χ2n) is 4.07. The van der Waals surface area contributed by atoms with Crippen LogP contribution in [0.15, 0.2) is 22.7 Å². The van der Waals surface area contributed by atoms with Crippen LogP contribution < -0.4 is 10.1 Å². The molecule has 0 heterocycles. The average Bonchev–Trinajstić information content (AvgIpc) is 2.19. The molecule has 1 aromatic carbocycles. The van der Waals surface area contributed by atoms with Crippen molar-refractivity contribution in [1.29, 1.82) is 0 Å². The summed E-state index contributed by atoms with van der Waals surface area (Å²) in [5.41, 5.74) is 0. The molecule has 0 fully saturated rings. The average molecular weight is 290 g/mol. The summed E-state index contributed by atoms with van der Waals surface area (Å²) in [6.45, 7) is 6.91. The highest BCUT2D eigenvalue weighted by Gasteiger charge is 2.08. The van der Waals surface area contributed by atoms with E-state index in [-0.39, 0.29) is 11.9 Å². The first kappa shape index (κ1) is 13.5. The third-order valence-electron chi connectivity index (χ3n) is 2.04. The summed E-state index contributed by atoms with van der Waals surface area (Å²) in [6.07, 6.45) is 0.0455. The number of benzene rings is 1. The molecule has 1 N–H and O–H groups in total. The van der Waals surface area contributed by atoms with E-state index < -0.39 is 0 Å². The Hall–Kier alpha value is -0.610. The van der Waals surface area contributed by atoms with Crippen molar-refractivity contribution in [2.75, 3.05) is 6.54 Å². The molecule has 16 heavy (non-hydrogen) atoms. The number of ether oxygens (including phenoxy) is 1. The maximum atomic E-state index is 12.8. The monoisotopic (exact) mass is 289 g/mol. The highest BCUT2D eigenvalue weighted by atomic mass is 79.9. The highest BCUT2D eigenvalue weighted by molar-refractivity contribution is 9.10. The van der Waals surface area contributed by atoms with E-state index in [1.807, 2.05) is 6.92 Å². The molecule has 0 spiro atoms. The van der Waals surface area contributed by atoms with Crippen molar-refractivity contribution < 1.29 is 9.13 Å². The molecule has 0 radical (unpaired) electrons. The lowest BCUT2D eigenvalue weighted by Crippen LogP contribution is -2.33. The lowest BCUT2D eigenvalue weighted by atomic mass is 10.3. The van der Waals surface area contributed by atoms with Crippen LogP contribution in [-0.4, -0.2) is 18.7 Å². The number of rotatable bonds is 5. The minimum absolute atomic E-state index is 0.0455. The summed E-state index contributed by atoms with van der Waals surface area (Å²) in [4.78, 5) is 0. The molecule has 0 bridgehead atoms. The lowest BCUT2D eigenvalue weighted by Gasteiger charge is -2.17. The van der Waals surface area contributed by atoms with E-state index in [0.717, 1.165) is 6.54 Å². The van der Waals surface area contributed by atoms with Gasteiger partial charge in [-0.15, -0.1) is 0 Å². The Kier molecular flexibility index (Phi) is 5.22. The molecule has 1 atom stereocenters. The van der Waals surface area contributed by atoms with Crippen molar-refractivity contribution in [2.24, 2.45) is 0 Å². The summed E-state index contributed by atoms with van der Waals surface area (Å²) >= 11 is 3.27. The Morgan fingerprint density at radius 1 is 1.38 bits per heavy atom. The molecule has 1 unspecified atom stereocenters. The number of halogens is 2. The van der Waals surface area contributed by atoms with Crippen LogP contribution in [0.5, 0.6) is 5.75 Å². The Balaban J connectivity index is 2.52. The van der Waals surface area contributed by atoms with E-state index in [1.165, 1.54) is 12.1 Å². The molecule has 90 valence electrons. The standard InChI is InChI=1S/C12H17BrFNO/c1-8(2)15-7-9(3)16-12-5-4-10(14)6-11(12)13/h4-6,8-9,15H,7H2,1-3H3. The Labute approximate surface area is 104 Å². The van der Waals surface area contributed by atoms with Gasteiger partial charge in [0.2, 0.25) is 0 Å². The number of hydrogen-bond acceptors (Lipinski definition) is 2. The van der Waals surface area contributed by atoms with Gasteiger partial charge in [0.1, 0.15) is 17.7 Å². The zero-order chi connectivity index (χ0) is 12.1.